The first kappa shape index (κ1) is 17.7. The molecule has 1 aromatic carbocycles. The summed E-state index contributed by atoms with van der Waals surface area (Å²) in [6.07, 6.45) is 2.96. The number of amides is 1. The Hall–Kier alpha value is -3.68. The molecule has 25 heavy (non-hydrogen) atoms. The van der Waals surface area contributed by atoms with Crippen LogP contribution in [0.1, 0.15) is 16.1 Å². The molecule has 8 nitrogen and oxygen atoms in total. The molecule has 3 aromatic rings. The first-order valence-corrected chi connectivity index (χ1v) is 7.13. The Morgan fingerprint density at radius 1 is 1.20 bits per heavy atom. The van der Waals surface area contributed by atoms with E-state index >= 15 is 0 Å². The highest BCUT2D eigenvalue weighted by Gasteiger charge is 2.16. The zero-order valence-corrected chi connectivity index (χ0v) is 13.0. The molecule has 0 aliphatic heterocycles. The van der Waals surface area contributed by atoms with Crippen molar-refractivity contribution in [1.29, 1.82) is 0 Å². The van der Waals surface area contributed by atoms with E-state index in [2.05, 4.69) is 10.7 Å². The Morgan fingerprint density at radius 2 is 1.84 bits per heavy atom. The first-order chi connectivity index (χ1) is 12.0. The number of fused-ring (bicyclic) bond motifs is 1. The third kappa shape index (κ3) is 3.81. The molecule has 0 unspecified atom stereocenters. The smallest absolute Gasteiger partial charge is 0.358 e. The van der Waals surface area contributed by atoms with Crippen LogP contribution in [-0.4, -0.2) is 32.1 Å². The Kier molecular flexibility index (Phi) is 5.47. The number of nitrogens with zero attached hydrogens (tertiary/aromatic N) is 2. The van der Waals surface area contributed by atoms with Gasteiger partial charge in [-0.05, 0) is 11.6 Å². The first-order valence-electron chi connectivity index (χ1n) is 7.13. The number of pyridine rings is 2. The fraction of sp³-hybridized carbons (Fsp3) is 0.0588. The predicted molar refractivity (Wildman–Crippen MR) is 90.4 cm³/mol. The molecule has 3 rings (SSSR count). The molecule has 8 heteroatoms. The number of carbonyl (C=O) groups is 2. The maximum absolute atomic E-state index is 12.4. The summed E-state index contributed by atoms with van der Waals surface area (Å²) in [5.74, 6) is -1.83. The van der Waals surface area contributed by atoms with Gasteiger partial charge < -0.3 is 20.5 Å². The van der Waals surface area contributed by atoms with Crippen molar-refractivity contribution < 1.29 is 19.8 Å². The number of carboxylic acid groups (broad SMARTS) is 1. The van der Waals surface area contributed by atoms with Gasteiger partial charge in [-0.25, -0.2) is 9.78 Å². The van der Waals surface area contributed by atoms with Gasteiger partial charge in [0.05, 0.1) is 11.9 Å². The number of benzene rings is 1. The van der Waals surface area contributed by atoms with Crippen LogP contribution in [0.25, 0.3) is 10.8 Å². The van der Waals surface area contributed by atoms with Gasteiger partial charge in [0.1, 0.15) is 0 Å². The zero-order valence-electron chi connectivity index (χ0n) is 13.0. The van der Waals surface area contributed by atoms with E-state index in [9.17, 15) is 14.7 Å². The molecule has 0 saturated carbocycles. The van der Waals surface area contributed by atoms with Crippen LogP contribution >= 0.6 is 0 Å². The molecule has 0 fully saturated rings. The lowest BCUT2D eigenvalue weighted by atomic mass is 10.1. The Labute approximate surface area is 141 Å². The SMILES string of the molecule is NC=O.O=C(O)c1ncc2c(=O)n(Cc3ccccc3)ccc2c1O. The van der Waals surface area contributed by atoms with Crippen LogP contribution in [-0.2, 0) is 11.3 Å². The number of aromatic nitrogens is 2. The molecule has 2 heterocycles. The normalized spacial score (nSPS) is 9.92. The molecule has 0 aliphatic rings. The van der Waals surface area contributed by atoms with Crippen LogP contribution in [0.4, 0.5) is 0 Å². The van der Waals surface area contributed by atoms with Gasteiger partial charge in [-0.1, -0.05) is 30.3 Å². The van der Waals surface area contributed by atoms with E-state index in [1.54, 1.807) is 0 Å². The van der Waals surface area contributed by atoms with Crippen molar-refractivity contribution >= 4 is 23.2 Å². The van der Waals surface area contributed by atoms with Crippen LogP contribution in [0, 0.1) is 0 Å². The molecule has 2 aromatic heterocycles. The van der Waals surface area contributed by atoms with E-state index in [1.165, 1.54) is 23.0 Å². The van der Waals surface area contributed by atoms with Gasteiger partial charge in [-0.3, -0.25) is 9.59 Å². The van der Waals surface area contributed by atoms with Crippen LogP contribution in [0.2, 0.25) is 0 Å². The number of aromatic hydroxyl groups is 1. The summed E-state index contributed by atoms with van der Waals surface area (Å²) in [5, 5.41) is 19.2. The monoisotopic (exact) mass is 341 g/mol. The zero-order chi connectivity index (χ0) is 18.4. The summed E-state index contributed by atoms with van der Waals surface area (Å²) in [6.45, 7) is 0.386. The summed E-state index contributed by atoms with van der Waals surface area (Å²) in [4.78, 5) is 35.6. The van der Waals surface area contributed by atoms with Gasteiger partial charge in [0, 0.05) is 17.8 Å². The molecule has 0 aliphatic carbocycles. The predicted octanol–water partition coefficient (Wildman–Crippen LogP) is 0.950. The minimum absolute atomic E-state index is 0.181. The van der Waals surface area contributed by atoms with Crippen molar-refractivity contribution in [2.24, 2.45) is 5.73 Å². The molecule has 128 valence electrons. The molecule has 4 N–H and O–H groups in total. The topological polar surface area (TPSA) is 136 Å². The van der Waals surface area contributed by atoms with E-state index in [1.807, 2.05) is 30.3 Å². The Balaban J connectivity index is 0.000000701. The number of nitrogens with two attached hydrogens (primary N) is 1. The van der Waals surface area contributed by atoms with E-state index in [4.69, 9.17) is 9.90 Å². The third-order valence-electron chi connectivity index (χ3n) is 3.40. The van der Waals surface area contributed by atoms with E-state index in [0.717, 1.165) is 5.56 Å². The maximum atomic E-state index is 12.4. The van der Waals surface area contributed by atoms with Gasteiger partial charge in [0.2, 0.25) is 6.41 Å². The molecular formula is C17H15N3O5. The number of aromatic carboxylic acids is 1. The molecule has 0 bridgehead atoms. The molecule has 0 atom stereocenters. The fourth-order valence-corrected chi connectivity index (χ4v) is 2.30. The number of hydrogen-bond donors (Lipinski definition) is 3. The van der Waals surface area contributed by atoms with Crippen molar-refractivity contribution in [2.45, 2.75) is 6.54 Å². The van der Waals surface area contributed by atoms with Gasteiger partial charge in [-0.15, -0.1) is 0 Å². The summed E-state index contributed by atoms with van der Waals surface area (Å²) in [7, 11) is 0. The largest absolute Gasteiger partial charge is 0.505 e. The second-order valence-corrected chi connectivity index (χ2v) is 4.96. The standard InChI is InChI=1S/C16H12N2O4.CH3NO/c19-14-11-6-7-18(9-10-4-2-1-3-5-10)15(20)12(11)8-17-13(14)16(21)22;2-1-3/h1-8,19H,9H2,(H,21,22);1H,(H2,2,3). The lowest BCUT2D eigenvalue weighted by molar-refractivity contribution is -0.106. The third-order valence-corrected chi connectivity index (χ3v) is 3.40. The Bertz CT molecular complexity index is 967. The van der Waals surface area contributed by atoms with E-state index < -0.39 is 17.4 Å². The lowest BCUT2D eigenvalue weighted by Gasteiger charge is -2.09. The van der Waals surface area contributed by atoms with E-state index in [-0.39, 0.29) is 22.7 Å². The molecular weight excluding hydrogens is 326 g/mol. The molecule has 0 radical (unpaired) electrons. The van der Waals surface area contributed by atoms with Crippen LogP contribution in [0.3, 0.4) is 0 Å². The van der Waals surface area contributed by atoms with E-state index in [0.29, 0.717) is 6.54 Å². The molecule has 0 spiro atoms. The number of rotatable bonds is 3. The summed E-state index contributed by atoms with van der Waals surface area (Å²) >= 11 is 0. The van der Waals surface area contributed by atoms with Crippen molar-refractivity contribution in [3.05, 3.63) is 70.4 Å². The Morgan fingerprint density at radius 3 is 2.44 bits per heavy atom. The number of primary amides is 1. The average molecular weight is 341 g/mol. The second kappa shape index (κ2) is 7.73. The highest BCUT2D eigenvalue weighted by Crippen LogP contribution is 2.24. The highest BCUT2D eigenvalue weighted by atomic mass is 16.4. The minimum Gasteiger partial charge on any atom is -0.505 e. The number of hydrogen-bond acceptors (Lipinski definition) is 5. The number of carboxylic acids is 1. The van der Waals surface area contributed by atoms with Crippen molar-refractivity contribution in [3.8, 4) is 5.75 Å². The van der Waals surface area contributed by atoms with Gasteiger partial charge in [-0.2, -0.15) is 0 Å². The average Bonchev–Trinajstić information content (AvgIpc) is 2.59. The van der Waals surface area contributed by atoms with Crippen LogP contribution < -0.4 is 11.3 Å². The fourth-order valence-electron chi connectivity index (χ4n) is 2.30. The van der Waals surface area contributed by atoms with Crippen LogP contribution in [0.15, 0.2) is 53.6 Å². The van der Waals surface area contributed by atoms with Crippen molar-refractivity contribution in [2.75, 3.05) is 0 Å². The maximum Gasteiger partial charge on any atom is 0.358 e. The minimum atomic E-state index is -1.34. The quantitative estimate of drug-likeness (QED) is 0.607. The summed E-state index contributed by atoms with van der Waals surface area (Å²) in [6, 6.07) is 11.0. The van der Waals surface area contributed by atoms with Gasteiger partial charge in [0.25, 0.3) is 5.56 Å². The summed E-state index contributed by atoms with van der Waals surface area (Å²) in [5.41, 5.74) is 4.33. The number of carbonyl (C=O) groups excluding carboxylic acids is 1. The molecule has 1 amide bonds. The van der Waals surface area contributed by atoms with Gasteiger partial charge >= 0.3 is 5.97 Å². The van der Waals surface area contributed by atoms with Crippen molar-refractivity contribution in [1.82, 2.24) is 9.55 Å². The molecule has 0 saturated heterocycles. The second-order valence-electron chi connectivity index (χ2n) is 4.96. The van der Waals surface area contributed by atoms with Crippen molar-refractivity contribution in [3.63, 3.8) is 0 Å². The van der Waals surface area contributed by atoms with Crippen LogP contribution in [0.5, 0.6) is 5.75 Å². The highest BCUT2D eigenvalue weighted by molar-refractivity contribution is 5.97. The lowest BCUT2D eigenvalue weighted by Crippen LogP contribution is -2.20. The summed E-state index contributed by atoms with van der Waals surface area (Å²) < 4.78 is 1.49. The van der Waals surface area contributed by atoms with Gasteiger partial charge in [0.15, 0.2) is 11.4 Å².